The van der Waals surface area contributed by atoms with E-state index in [1.54, 1.807) is 17.0 Å². The molecule has 33 heavy (non-hydrogen) atoms. The summed E-state index contributed by atoms with van der Waals surface area (Å²) < 4.78 is 16.3. The lowest BCUT2D eigenvalue weighted by atomic mass is 10.0. The molecule has 1 aromatic carbocycles. The van der Waals surface area contributed by atoms with Crippen molar-refractivity contribution in [1.82, 2.24) is 25.2 Å². The predicted molar refractivity (Wildman–Crippen MR) is 120 cm³/mol. The van der Waals surface area contributed by atoms with Gasteiger partial charge in [-0.2, -0.15) is 4.98 Å². The standard InChI is InChI=1S/C24H27N5O4/c1-4-13-29(15-21-26-27-24(32-21)19-6-5-14-31-19)22(30)12-11-20-25-23(28-33-20)18-9-7-17(8-10-18)16(2)3/h5-10,14,16H,4,11-13,15H2,1-3H3. The van der Waals surface area contributed by atoms with Gasteiger partial charge >= 0.3 is 0 Å². The zero-order valence-electron chi connectivity index (χ0n) is 19.0. The summed E-state index contributed by atoms with van der Waals surface area (Å²) in [4.78, 5) is 19.0. The number of rotatable bonds is 10. The fraction of sp³-hybridized carbons (Fsp3) is 0.375. The van der Waals surface area contributed by atoms with E-state index in [-0.39, 0.29) is 18.9 Å². The van der Waals surface area contributed by atoms with E-state index in [0.29, 0.717) is 48.1 Å². The number of amides is 1. The molecule has 0 aliphatic carbocycles. The molecule has 0 saturated heterocycles. The molecule has 4 aromatic rings. The van der Waals surface area contributed by atoms with Crippen LogP contribution in [0.2, 0.25) is 0 Å². The lowest BCUT2D eigenvalue weighted by molar-refractivity contribution is -0.132. The number of benzene rings is 1. The molecule has 0 atom stereocenters. The number of hydrogen-bond donors (Lipinski definition) is 0. The fourth-order valence-electron chi connectivity index (χ4n) is 3.41. The molecule has 0 aliphatic heterocycles. The Kier molecular flexibility index (Phi) is 6.97. The summed E-state index contributed by atoms with van der Waals surface area (Å²) in [5.41, 5.74) is 2.14. The number of furan rings is 1. The molecule has 9 heteroatoms. The van der Waals surface area contributed by atoms with Crippen LogP contribution in [0.15, 0.2) is 56.0 Å². The third-order valence-corrected chi connectivity index (χ3v) is 5.23. The van der Waals surface area contributed by atoms with E-state index in [0.717, 1.165) is 12.0 Å². The highest BCUT2D eigenvalue weighted by atomic mass is 16.5. The predicted octanol–water partition coefficient (Wildman–Crippen LogP) is 4.87. The van der Waals surface area contributed by atoms with E-state index >= 15 is 0 Å². The lowest BCUT2D eigenvalue weighted by Crippen LogP contribution is -2.31. The van der Waals surface area contributed by atoms with E-state index < -0.39 is 0 Å². The molecule has 0 N–H and O–H groups in total. The molecule has 3 aromatic heterocycles. The smallest absolute Gasteiger partial charge is 0.283 e. The van der Waals surface area contributed by atoms with Crippen molar-refractivity contribution in [2.45, 2.75) is 52.5 Å². The van der Waals surface area contributed by atoms with Crippen molar-refractivity contribution in [1.29, 1.82) is 0 Å². The average molecular weight is 450 g/mol. The van der Waals surface area contributed by atoms with Crippen LogP contribution in [0.25, 0.3) is 23.0 Å². The van der Waals surface area contributed by atoms with Crippen molar-refractivity contribution in [3.8, 4) is 23.0 Å². The quantitative estimate of drug-likeness (QED) is 0.337. The molecule has 0 unspecified atom stereocenters. The molecule has 0 spiro atoms. The normalized spacial score (nSPS) is 11.3. The highest BCUT2D eigenvalue weighted by molar-refractivity contribution is 5.76. The topological polar surface area (TPSA) is 111 Å². The molecule has 4 rings (SSSR count). The fourth-order valence-corrected chi connectivity index (χ4v) is 3.41. The Labute approximate surface area is 191 Å². The average Bonchev–Trinajstić information content (AvgIpc) is 3.59. The third-order valence-electron chi connectivity index (χ3n) is 5.23. The summed E-state index contributed by atoms with van der Waals surface area (Å²) >= 11 is 0. The van der Waals surface area contributed by atoms with Crippen LogP contribution in [0, 0.1) is 0 Å². The molecule has 0 fully saturated rings. The maximum atomic E-state index is 12.9. The maximum absolute atomic E-state index is 12.9. The van der Waals surface area contributed by atoms with Crippen molar-refractivity contribution in [3.05, 3.63) is 60.0 Å². The summed E-state index contributed by atoms with van der Waals surface area (Å²) in [5.74, 6) is 2.51. The molecule has 3 heterocycles. The highest BCUT2D eigenvalue weighted by Crippen LogP contribution is 2.21. The maximum Gasteiger partial charge on any atom is 0.283 e. The molecule has 0 radical (unpaired) electrons. The lowest BCUT2D eigenvalue weighted by Gasteiger charge is -2.19. The van der Waals surface area contributed by atoms with E-state index in [9.17, 15) is 4.79 Å². The van der Waals surface area contributed by atoms with Gasteiger partial charge in [0.05, 0.1) is 12.8 Å². The van der Waals surface area contributed by atoms with Crippen molar-refractivity contribution in [3.63, 3.8) is 0 Å². The number of hydrogen-bond acceptors (Lipinski definition) is 8. The monoisotopic (exact) mass is 449 g/mol. The number of carbonyl (C=O) groups is 1. The number of carbonyl (C=O) groups excluding carboxylic acids is 1. The molecular formula is C24H27N5O4. The summed E-state index contributed by atoms with van der Waals surface area (Å²) in [6, 6.07) is 11.6. The minimum Gasteiger partial charge on any atom is -0.459 e. The summed E-state index contributed by atoms with van der Waals surface area (Å²) in [5, 5.41) is 12.1. The minimum absolute atomic E-state index is 0.0457. The van der Waals surface area contributed by atoms with E-state index in [1.807, 2.05) is 19.1 Å². The summed E-state index contributed by atoms with van der Waals surface area (Å²) in [7, 11) is 0. The molecule has 0 aliphatic rings. The van der Waals surface area contributed by atoms with Gasteiger partial charge in [0.2, 0.25) is 23.5 Å². The van der Waals surface area contributed by atoms with Crippen LogP contribution in [0.5, 0.6) is 0 Å². The van der Waals surface area contributed by atoms with Gasteiger partial charge in [-0.1, -0.05) is 50.2 Å². The molecule has 0 saturated carbocycles. The van der Waals surface area contributed by atoms with Crippen LogP contribution in [-0.4, -0.2) is 37.7 Å². The molecular weight excluding hydrogens is 422 g/mol. The molecule has 1 amide bonds. The van der Waals surface area contributed by atoms with Gasteiger partial charge in [-0.15, -0.1) is 10.2 Å². The Morgan fingerprint density at radius 1 is 1.09 bits per heavy atom. The summed E-state index contributed by atoms with van der Waals surface area (Å²) in [6.45, 7) is 7.12. The first kappa shape index (κ1) is 22.4. The van der Waals surface area contributed by atoms with Gasteiger partial charge in [0.1, 0.15) is 0 Å². The van der Waals surface area contributed by atoms with Crippen molar-refractivity contribution < 1.29 is 18.2 Å². The van der Waals surface area contributed by atoms with Crippen LogP contribution in [0.3, 0.4) is 0 Å². The van der Waals surface area contributed by atoms with Gasteiger partial charge in [-0.05, 0) is 30.0 Å². The van der Waals surface area contributed by atoms with E-state index in [1.165, 1.54) is 11.8 Å². The molecule has 9 nitrogen and oxygen atoms in total. The second kappa shape index (κ2) is 10.2. The van der Waals surface area contributed by atoms with Crippen LogP contribution >= 0.6 is 0 Å². The number of aromatic nitrogens is 4. The van der Waals surface area contributed by atoms with Gasteiger partial charge in [-0.3, -0.25) is 4.79 Å². The number of nitrogens with zero attached hydrogens (tertiary/aromatic N) is 5. The van der Waals surface area contributed by atoms with Crippen LogP contribution in [-0.2, 0) is 17.8 Å². The Balaban J connectivity index is 1.35. The highest BCUT2D eigenvalue weighted by Gasteiger charge is 2.19. The van der Waals surface area contributed by atoms with Crippen molar-refractivity contribution in [2.24, 2.45) is 0 Å². The van der Waals surface area contributed by atoms with Crippen LogP contribution < -0.4 is 0 Å². The van der Waals surface area contributed by atoms with Crippen molar-refractivity contribution in [2.75, 3.05) is 6.54 Å². The first-order chi connectivity index (χ1) is 16.0. The van der Waals surface area contributed by atoms with Gasteiger partial charge in [0.25, 0.3) is 5.89 Å². The van der Waals surface area contributed by atoms with Crippen LogP contribution in [0.1, 0.15) is 56.9 Å². The van der Waals surface area contributed by atoms with Crippen LogP contribution in [0.4, 0.5) is 0 Å². The van der Waals surface area contributed by atoms with Gasteiger partial charge in [0, 0.05) is 24.9 Å². The third kappa shape index (κ3) is 5.54. The van der Waals surface area contributed by atoms with E-state index in [2.05, 4.69) is 46.3 Å². The SMILES string of the molecule is CCCN(Cc1nnc(-c2ccco2)o1)C(=O)CCc1nc(-c2ccc(C(C)C)cc2)no1. The zero-order valence-corrected chi connectivity index (χ0v) is 19.0. The molecule has 172 valence electrons. The minimum atomic E-state index is -0.0457. The second-order valence-corrected chi connectivity index (χ2v) is 8.08. The summed E-state index contributed by atoms with van der Waals surface area (Å²) in [6.07, 6.45) is 2.95. The Bertz CT molecular complexity index is 1160. The van der Waals surface area contributed by atoms with Gasteiger partial charge in [-0.25, -0.2) is 0 Å². The second-order valence-electron chi connectivity index (χ2n) is 8.08. The first-order valence-electron chi connectivity index (χ1n) is 11.1. The largest absolute Gasteiger partial charge is 0.459 e. The Hall–Kier alpha value is -3.75. The van der Waals surface area contributed by atoms with Gasteiger partial charge in [0.15, 0.2) is 5.76 Å². The molecule has 0 bridgehead atoms. The Morgan fingerprint density at radius 2 is 1.91 bits per heavy atom. The van der Waals surface area contributed by atoms with Crippen molar-refractivity contribution >= 4 is 5.91 Å². The first-order valence-corrected chi connectivity index (χ1v) is 11.1. The Morgan fingerprint density at radius 3 is 2.61 bits per heavy atom. The van der Waals surface area contributed by atoms with E-state index in [4.69, 9.17) is 13.4 Å². The zero-order chi connectivity index (χ0) is 23.2. The van der Waals surface area contributed by atoms with Gasteiger partial charge < -0.3 is 18.3 Å². The number of aryl methyl sites for hydroxylation is 1.